The van der Waals surface area contributed by atoms with Crippen LogP contribution in [0.2, 0.25) is 0 Å². The van der Waals surface area contributed by atoms with Gasteiger partial charge in [0, 0.05) is 28.9 Å². The molecule has 0 bridgehead atoms. The molecule has 0 saturated heterocycles. The Bertz CT molecular complexity index is 1320. The van der Waals surface area contributed by atoms with Crippen LogP contribution in [0, 0.1) is 12.3 Å². The number of aliphatic hydroxyl groups excluding tert-OH is 2. The quantitative estimate of drug-likeness (QED) is 0.393. The molecule has 32 heavy (non-hydrogen) atoms. The second kappa shape index (κ2) is 7.46. The zero-order valence-corrected chi connectivity index (χ0v) is 18.4. The van der Waals surface area contributed by atoms with E-state index in [-0.39, 0.29) is 6.04 Å². The van der Waals surface area contributed by atoms with Crippen LogP contribution in [-0.2, 0) is 6.42 Å². The van der Waals surface area contributed by atoms with Gasteiger partial charge >= 0.3 is 0 Å². The van der Waals surface area contributed by atoms with Crippen molar-refractivity contribution in [3.05, 3.63) is 59.9 Å². The Morgan fingerprint density at radius 2 is 1.97 bits per heavy atom. The summed E-state index contributed by atoms with van der Waals surface area (Å²) in [6.07, 6.45) is 4.03. The smallest absolute Gasteiger partial charge is 0.142 e. The van der Waals surface area contributed by atoms with Crippen LogP contribution in [-0.4, -0.2) is 37.0 Å². The van der Waals surface area contributed by atoms with Crippen molar-refractivity contribution in [3.8, 4) is 0 Å². The first-order valence-electron chi connectivity index (χ1n) is 11.0. The first kappa shape index (κ1) is 20.7. The molecule has 4 atom stereocenters. The van der Waals surface area contributed by atoms with Gasteiger partial charge in [-0.1, -0.05) is 19.1 Å². The molecule has 4 aromatic rings. The van der Waals surface area contributed by atoms with Gasteiger partial charge in [-0.15, -0.1) is 0 Å². The summed E-state index contributed by atoms with van der Waals surface area (Å²) >= 11 is 0. The summed E-state index contributed by atoms with van der Waals surface area (Å²) in [7, 11) is 0. The fourth-order valence-electron chi connectivity index (χ4n) is 5.12. The van der Waals surface area contributed by atoms with E-state index in [1.165, 1.54) is 0 Å². The Morgan fingerprint density at radius 3 is 2.78 bits per heavy atom. The van der Waals surface area contributed by atoms with Gasteiger partial charge in [0.25, 0.3) is 0 Å². The van der Waals surface area contributed by atoms with Crippen molar-refractivity contribution in [2.75, 3.05) is 11.5 Å². The molecule has 1 aliphatic carbocycles. The molecule has 7 heteroatoms. The minimum atomic E-state index is -0.875. The van der Waals surface area contributed by atoms with Crippen molar-refractivity contribution in [2.24, 2.45) is 5.41 Å². The molecule has 1 fully saturated rings. The van der Waals surface area contributed by atoms with Gasteiger partial charge in [-0.3, -0.25) is 0 Å². The summed E-state index contributed by atoms with van der Waals surface area (Å²) < 4.78 is 1.95. The lowest BCUT2D eigenvalue weighted by Crippen LogP contribution is -2.35. The van der Waals surface area contributed by atoms with Gasteiger partial charge in [-0.25, -0.2) is 9.97 Å². The van der Waals surface area contributed by atoms with Crippen LogP contribution in [0.3, 0.4) is 0 Å². The predicted molar refractivity (Wildman–Crippen MR) is 127 cm³/mol. The monoisotopic (exact) mass is 431 g/mol. The number of hydrogen-bond donors (Lipinski definition) is 4. The first-order valence-corrected chi connectivity index (χ1v) is 11.0. The number of aromatic nitrogens is 3. The molecule has 1 aromatic carbocycles. The Morgan fingerprint density at radius 1 is 1.16 bits per heavy atom. The number of hydrogen-bond acceptors (Lipinski definition) is 6. The summed E-state index contributed by atoms with van der Waals surface area (Å²) in [6.45, 7) is 4.01. The van der Waals surface area contributed by atoms with E-state index in [4.69, 9.17) is 11.5 Å². The number of nitrogen functional groups attached to an aromatic ring is 2. The molecular formula is C25H29N5O2. The molecule has 0 aliphatic heterocycles. The first-order chi connectivity index (χ1) is 15.3. The number of benzene rings is 1. The van der Waals surface area contributed by atoms with Crippen molar-refractivity contribution in [1.29, 1.82) is 0 Å². The molecule has 0 amide bonds. The largest absolute Gasteiger partial charge is 0.398 e. The maximum atomic E-state index is 11.0. The van der Waals surface area contributed by atoms with Crippen LogP contribution in [0.15, 0.2) is 48.8 Å². The lowest BCUT2D eigenvalue weighted by molar-refractivity contribution is -0.0241. The fraction of sp³-hybridized carbons (Fsp3) is 0.360. The molecule has 0 spiro atoms. The number of nitrogens with zero attached hydrogens (tertiary/aromatic N) is 3. The number of rotatable bonds is 4. The number of aryl methyl sites for hydroxylation is 2. The normalized spacial score (nSPS) is 25.7. The molecule has 3 aromatic heterocycles. The number of fused-ring (bicyclic) bond motifs is 2. The van der Waals surface area contributed by atoms with E-state index in [1.54, 1.807) is 12.3 Å². The number of anilines is 2. The van der Waals surface area contributed by atoms with E-state index < -0.39 is 17.6 Å². The van der Waals surface area contributed by atoms with Crippen molar-refractivity contribution >= 4 is 33.4 Å². The highest BCUT2D eigenvalue weighted by Gasteiger charge is 2.50. The third-order valence-electron chi connectivity index (χ3n) is 7.21. The summed E-state index contributed by atoms with van der Waals surface area (Å²) in [4.78, 5) is 8.97. The van der Waals surface area contributed by atoms with Crippen molar-refractivity contribution in [2.45, 2.75) is 51.4 Å². The average Bonchev–Trinajstić information content (AvgIpc) is 3.29. The summed E-state index contributed by atoms with van der Waals surface area (Å²) in [5, 5.41) is 23.9. The Balaban J connectivity index is 1.38. The SMILES string of the molecule is Cc1cc2ccc(CC[C@@]3(C)C[C@@H](n4ccc5c(N)ccnc54)[C@H](O)[C@@H]3O)cc2nc1N. The van der Waals surface area contributed by atoms with Crippen LogP contribution < -0.4 is 11.5 Å². The highest BCUT2D eigenvalue weighted by molar-refractivity contribution is 5.88. The van der Waals surface area contributed by atoms with Gasteiger partial charge in [-0.05, 0) is 67.0 Å². The lowest BCUT2D eigenvalue weighted by Gasteiger charge is -2.28. The van der Waals surface area contributed by atoms with Gasteiger partial charge in [0.2, 0.25) is 0 Å². The lowest BCUT2D eigenvalue weighted by atomic mass is 9.80. The summed E-state index contributed by atoms with van der Waals surface area (Å²) in [5.74, 6) is 0.548. The third-order valence-corrected chi connectivity index (χ3v) is 7.21. The second-order valence-corrected chi connectivity index (χ2v) is 9.44. The molecule has 6 N–H and O–H groups in total. The molecule has 5 rings (SSSR count). The van der Waals surface area contributed by atoms with Crippen LogP contribution >= 0.6 is 0 Å². The molecule has 0 radical (unpaired) electrons. The minimum absolute atomic E-state index is 0.261. The molecule has 1 saturated carbocycles. The average molecular weight is 432 g/mol. The Kier molecular flexibility index (Phi) is 4.83. The van der Waals surface area contributed by atoms with E-state index in [0.717, 1.165) is 45.9 Å². The molecule has 7 nitrogen and oxygen atoms in total. The molecular weight excluding hydrogens is 402 g/mol. The Hall–Kier alpha value is -3.16. The topological polar surface area (TPSA) is 123 Å². The van der Waals surface area contributed by atoms with Crippen molar-refractivity contribution in [3.63, 3.8) is 0 Å². The zero-order valence-electron chi connectivity index (χ0n) is 18.4. The molecule has 0 unspecified atom stereocenters. The van der Waals surface area contributed by atoms with Gasteiger partial charge in [0.1, 0.15) is 17.6 Å². The molecule has 1 aliphatic rings. The number of pyridine rings is 2. The van der Waals surface area contributed by atoms with Crippen molar-refractivity contribution in [1.82, 2.24) is 14.5 Å². The molecule has 3 heterocycles. The number of nitrogens with two attached hydrogens (primary N) is 2. The zero-order chi connectivity index (χ0) is 22.6. The predicted octanol–water partition coefficient (Wildman–Crippen LogP) is 3.36. The van der Waals surface area contributed by atoms with Crippen LogP contribution in [0.5, 0.6) is 0 Å². The van der Waals surface area contributed by atoms with Crippen LogP contribution in [0.25, 0.3) is 21.9 Å². The highest BCUT2D eigenvalue weighted by atomic mass is 16.3. The number of aliphatic hydroxyl groups is 2. The third kappa shape index (κ3) is 3.29. The van der Waals surface area contributed by atoms with E-state index in [9.17, 15) is 10.2 Å². The van der Waals surface area contributed by atoms with Crippen LogP contribution in [0.4, 0.5) is 11.5 Å². The van der Waals surface area contributed by atoms with E-state index >= 15 is 0 Å². The van der Waals surface area contributed by atoms with Gasteiger partial charge in [0.05, 0.1) is 17.7 Å². The summed E-state index contributed by atoms with van der Waals surface area (Å²) in [5.41, 5.74) is 16.0. The van der Waals surface area contributed by atoms with Crippen molar-refractivity contribution < 1.29 is 10.2 Å². The summed E-state index contributed by atoms with van der Waals surface area (Å²) in [6, 6.07) is 11.7. The van der Waals surface area contributed by atoms with Crippen LogP contribution in [0.1, 0.15) is 36.9 Å². The van der Waals surface area contributed by atoms with Gasteiger partial charge in [0.15, 0.2) is 0 Å². The maximum Gasteiger partial charge on any atom is 0.142 e. The second-order valence-electron chi connectivity index (χ2n) is 9.44. The minimum Gasteiger partial charge on any atom is -0.398 e. The van der Waals surface area contributed by atoms with E-state index in [1.807, 2.05) is 29.8 Å². The van der Waals surface area contributed by atoms with Gasteiger partial charge in [-0.2, -0.15) is 0 Å². The Labute approximate surface area is 186 Å². The highest BCUT2D eigenvalue weighted by Crippen LogP contribution is 2.48. The van der Waals surface area contributed by atoms with E-state index in [2.05, 4.69) is 35.1 Å². The molecule has 166 valence electrons. The maximum absolute atomic E-state index is 11.0. The van der Waals surface area contributed by atoms with E-state index in [0.29, 0.717) is 17.9 Å². The standard InChI is InChI=1S/C25H29N5O2/c1-14-11-16-4-3-15(12-19(16)29-23(14)27)5-8-25(2)13-20(21(31)22(25)32)30-10-7-17-18(26)6-9-28-24(17)30/h3-4,6-7,9-12,20-22,31-32H,5,8,13H2,1-2H3,(H2,26,28)(H2,27,29)/t20-,21+,22+,25+/m1/s1. The fourth-order valence-corrected chi connectivity index (χ4v) is 5.12. The van der Waals surface area contributed by atoms with Gasteiger partial charge < -0.3 is 26.2 Å².